The molecule has 0 radical (unpaired) electrons. The Bertz CT molecular complexity index is 396. The second-order valence-corrected chi connectivity index (χ2v) is 4.37. The van der Waals surface area contributed by atoms with Gasteiger partial charge in [-0.2, -0.15) is 0 Å². The Labute approximate surface area is 119 Å². The van der Waals surface area contributed by atoms with E-state index in [2.05, 4.69) is 20.6 Å². The lowest BCUT2D eigenvalue weighted by Gasteiger charge is -2.16. The number of nitrogens with zero attached hydrogens (tertiary/aromatic N) is 3. The molecule has 0 bridgehead atoms. The normalized spacial score (nSPS) is 10.3. The van der Waals surface area contributed by atoms with E-state index in [0.29, 0.717) is 25.6 Å². The van der Waals surface area contributed by atoms with Crippen molar-refractivity contribution in [3.05, 3.63) is 18.0 Å². The molecule has 112 valence electrons. The van der Waals surface area contributed by atoms with Gasteiger partial charge in [0.25, 0.3) is 0 Å². The largest absolute Gasteiger partial charge is 0.383 e. The minimum Gasteiger partial charge on any atom is -0.383 e. The number of hydrogen-bond donors (Lipinski definition) is 2. The Morgan fingerprint density at radius 2 is 2.10 bits per heavy atom. The zero-order chi connectivity index (χ0) is 14.8. The van der Waals surface area contributed by atoms with Gasteiger partial charge >= 0.3 is 0 Å². The van der Waals surface area contributed by atoms with Crippen molar-refractivity contribution >= 4 is 11.9 Å². The minimum atomic E-state index is -0.0380. The number of amides is 1. The Balaban J connectivity index is 2.42. The molecule has 7 nitrogen and oxygen atoms in total. The Morgan fingerprint density at radius 1 is 1.40 bits per heavy atom. The van der Waals surface area contributed by atoms with Gasteiger partial charge in [-0.25, -0.2) is 9.97 Å². The van der Waals surface area contributed by atoms with Crippen LogP contribution in [0.1, 0.15) is 12.5 Å². The second-order valence-electron chi connectivity index (χ2n) is 4.37. The van der Waals surface area contributed by atoms with Gasteiger partial charge in [-0.1, -0.05) is 0 Å². The molecule has 0 aliphatic carbocycles. The van der Waals surface area contributed by atoms with Gasteiger partial charge in [0.15, 0.2) is 0 Å². The average Bonchev–Trinajstić information content (AvgIpc) is 2.44. The molecule has 7 heteroatoms. The third kappa shape index (κ3) is 5.94. The van der Waals surface area contributed by atoms with Crippen molar-refractivity contribution in [1.82, 2.24) is 20.6 Å². The standard InChI is InChI=1S/C13H23N5O2/c1-4-15-12(19)10-18(2)13-16-8-11(9-17-13)7-14-5-6-20-3/h8-9,14H,4-7,10H2,1-3H3,(H,15,19). The summed E-state index contributed by atoms with van der Waals surface area (Å²) >= 11 is 0. The summed E-state index contributed by atoms with van der Waals surface area (Å²) < 4.78 is 4.95. The Kier molecular flexibility index (Phi) is 7.52. The van der Waals surface area contributed by atoms with Gasteiger partial charge in [0.1, 0.15) is 0 Å². The highest BCUT2D eigenvalue weighted by Gasteiger charge is 2.08. The first-order valence-electron chi connectivity index (χ1n) is 6.65. The third-order valence-corrected chi connectivity index (χ3v) is 2.60. The molecular weight excluding hydrogens is 258 g/mol. The quantitative estimate of drug-likeness (QED) is 0.610. The molecule has 0 aromatic carbocycles. The van der Waals surface area contributed by atoms with Crippen LogP contribution in [0.4, 0.5) is 5.95 Å². The highest BCUT2D eigenvalue weighted by molar-refractivity contribution is 5.80. The first-order chi connectivity index (χ1) is 9.67. The number of rotatable bonds is 9. The molecule has 2 N–H and O–H groups in total. The van der Waals surface area contributed by atoms with E-state index < -0.39 is 0 Å². The molecule has 0 saturated carbocycles. The molecular formula is C13H23N5O2. The zero-order valence-corrected chi connectivity index (χ0v) is 12.3. The van der Waals surface area contributed by atoms with Crippen LogP contribution in [0.15, 0.2) is 12.4 Å². The fourth-order valence-electron chi connectivity index (χ4n) is 1.58. The van der Waals surface area contributed by atoms with E-state index >= 15 is 0 Å². The van der Waals surface area contributed by atoms with Crippen molar-refractivity contribution in [2.45, 2.75) is 13.5 Å². The fourth-order valence-corrected chi connectivity index (χ4v) is 1.58. The number of methoxy groups -OCH3 is 1. The lowest BCUT2D eigenvalue weighted by Crippen LogP contribution is -2.35. The molecule has 0 spiro atoms. The molecule has 0 saturated heterocycles. The summed E-state index contributed by atoms with van der Waals surface area (Å²) in [5.74, 6) is 0.501. The van der Waals surface area contributed by atoms with Gasteiger partial charge in [0, 0.05) is 51.7 Å². The van der Waals surface area contributed by atoms with Gasteiger partial charge in [0.05, 0.1) is 13.2 Å². The summed E-state index contributed by atoms with van der Waals surface area (Å²) in [4.78, 5) is 21.7. The molecule has 20 heavy (non-hydrogen) atoms. The van der Waals surface area contributed by atoms with Crippen molar-refractivity contribution in [3.63, 3.8) is 0 Å². The molecule has 1 heterocycles. The van der Waals surface area contributed by atoms with E-state index in [1.807, 2.05) is 6.92 Å². The molecule has 1 amide bonds. The monoisotopic (exact) mass is 281 g/mol. The summed E-state index contributed by atoms with van der Waals surface area (Å²) in [5.41, 5.74) is 0.997. The molecule has 0 unspecified atom stereocenters. The van der Waals surface area contributed by atoms with Crippen LogP contribution >= 0.6 is 0 Å². The van der Waals surface area contributed by atoms with Crippen molar-refractivity contribution in [2.24, 2.45) is 0 Å². The first-order valence-corrected chi connectivity index (χ1v) is 6.65. The number of likely N-dealkylation sites (N-methyl/N-ethyl adjacent to an activating group) is 2. The maximum absolute atomic E-state index is 11.5. The maximum atomic E-state index is 11.5. The molecule has 0 atom stereocenters. The zero-order valence-electron chi connectivity index (χ0n) is 12.3. The molecule has 1 aromatic rings. The van der Waals surface area contributed by atoms with Crippen LogP contribution in [0, 0.1) is 0 Å². The fraction of sp³-hybridized carbons (Fsp3) is 0.615. The minimum absolute atomic E-state index is 0.0380. The summed E-state index contributed by atoms with van der Waals surface area (Å²) in [6.45, 7) is 4.92. The summed E-state index contributed by atoms with van der Waals surface area (Å²) in [5, 5.41) is 5.96. The molecule has 0 aliphatic rings. The highest BCUT2D eigenvalue weighted by atomic mass is 16.5. The SMILES string of the molecule is CCNC(=O)CN(C)c1ncc(CNCCOC)cn1. The van der Waals surface area contributed by atoms with Crippen LogP contribution in [0.2, 0.25) is 0 Å². The van der Waals surface area contributed by atoms with Crippen LogP contribution < -0.4 is 15.5 Å². The predicted molar refractivity (Wildman–Crippen MR) is 77.6 cm³/mol. The second kappa shape index (κ2) is 9.22. The highest BCUT2D eigenvalue weighted by Crippen LogP contribution is 2.04. The number of ether oxygens (including phenoxy) is 1. The first kappa shape index (κ1) is 16.3. The van der Waals surface area contributed by atoms with Gasteiger partial charge in [-0.05, 0) is 6.92 Å². The van der Waals surface area contributed by atoms with Gasteiger partial charge in [-0.3, -0.25) is 4.79 Å². The van der Waals surface area contributed by atoms with E-state index in [1.165, 1.54) is 0 Å². The van der Waals surface area contributed by atoms with Crippen LogP contribution in [-0.2, 0) is 16.1 Å². The lowest BCUT2D eigenvalue weighted by molar-refractivity contribution is -0.119. The van der Waals surface area contributed by atoms with Crippen molar-refractivity contribution in [3.8, 4) is 0 Å². The number of carbonyl (C=O) groups excluding carboxylic acids is 1. The van der Waals surface area contributed by atoms with Crippen LogP contribution in [0.25, 0.3) is 0 Å². The maximum Gasteiger partial charge on any atom is 0.239 e. The number of aromatic nitrogens is 2. The Morgan fingerprint density at radius 3 is 2.70 bits per heavy atom. The van der Waals surface area contributed by atoms with E-state index in [-0.39, 0.29) is 12.5 Å². The topological polar surface area (TPSA) is 79.4 Å². The van der Waals surface area contributed by atoms with Crippen molar-refractivity contribution in [1.29, 1.82) is 0 Å². The van der Waals surface area contributed by atoms with E-state index in [4.69, 9.17) is 4.74 Å². The summed E-state index contributed by atoms with van der Waals surface area (Å²) in [6, 6.07) is 0. The summed E-state index contributed by atoms with van der Waals surface area (Å²) in [6.07, 6.45) is 3.52. The molecule has 0 fully saturated rings. The number of hydrogen-bond acceptors (Lipinski definition) is 6. The van der Waals surface area contributed by atoms with E-state index in [0.717, 1.165) is 12.1 Å². The van der Waals surface area contributed by atoms with Crippen molar-refractivity contribution in [2.75, 3.05) is 45.3 Å². The number of nitrogens with one attached hydrogen (secondary N) is 2. The van der Waals surface area contributed by atoms with Crippen molar-refractivity contribution < 1.29 is 9.53 Å². The van der Waals surface area contributed by atoms with E-state index in [1.54, 1.807) is 31.5 Å². The molecule has 1 aromatic heterocycles. The van der Waals surface area contributed by atoms with E-state index in [9.17, 15) is 4.79 Å². The van der Waals surface area contributed by atoms with Gasteiger partial charge < -0.3 is 20.3 Å². The smallest absolute Gasteiger partial charge is 0.239 e. The third-order valence-electron chi connectivity index (χ3n) is 2.60. The lowest BCUT2D eigenvalue weighted by atomic mass is 10.3. The van der Waals surface area contributed by atoms with Crippen LogP contribution in [-0.4, -0.2) is 56.3 Å². The average molecular weight is 281 g/mol. The predicted octanol–water partition coefficient (Wildman–Crippen LogP) is -0.215. The van der Waals surface area contributed by atoms with Crippen LogP contribution in [0.3, 0.4) is 0 Å². The number of anilines is 1. The Hall–Kier alpha value is -1.73. The summed E-state index contributed by atoms with van der Waals surface area (Å²) in [7, 11) is 3.46. The molecule has 1 rings (SSSR count). The molecule has 0 aliphatic heterocycles. The van der Waals surface area contributed by atoms with Gasteiger partial charge in [0.2, 0.25) is 11.9 Å². The number of carbonyl (C=O) groups is 1. The van der Waals surface area contributed by atoms with Gasteiger partial charge in [-0.15, -0.1) is 0 Å². The van der Waals surface area contributed by atoms with Crippen LogP contribution in [0.5, 0.6) is 0 Å².